The molecule has 1 aliphatic rings. The fourth-order valence-corrected chi connectivity index (χ4v) is 2.58. The molecule has 0 unspecified atom stereocenters. The number of nitrogens with one attached hydrogen (secondary N) is 1. The summed E-state index contributed by atoms with van der Waals surface area (Å²) in [6, 6.07) is 7.33. The van der Waals surface area contributed by atoms with Gasteiger partial charge in [0.25, 0.3) is 5.91 Å². The van der Waals surface area contributed by atoms with Crippen molar-refractivity contribution in [3.8, 4) is 0 Å². The summed E-state index contributed by atoms with van der Waals surface area (Å²) in [7, 11) is 2.03. The number of alkyl halides is 1. The van der Waals surface area contributed by atoms with Gasteiger partial charge < -0.3 is 14.3 Å². The SMILES string of the molecule is C=C(O)C(/C=N/NC(=O)C[N+]1(C)CCOCC1)=c1/ccccc1=C.CCl. The number of morpholine rings is 1. The largest absolute Gasteiger partial charge is 0.508 e. The van der Waals surface area contributed by atoms with E-state index in [1.807, 2.05) is 31.3 Å². The predicted molar refractivity (Wildman–Crippen MR) is 106 cm³/mol. The molecule has 1 aromatic rings. The van der Waals surface area contributed by atoms with E-state index in [9.17, 15) is 9.90 Å². The number of hydrogen-bond acceptors (Lipinski definition) is 4. The zero-order valence-electron chi connectivity index (χ0n) is 15.4. The van der Waals surface area contributed by atoms with Crippen LogP contribution in [0.5, 0.6) is 0 Å². The Balaban J connectivity index is 0.00000163. The molecule has 0 atom stereocenters. The Kier molecular flexibility index (Phi) is 9.05. The molecule has 1 aliphatic heterocycles. The molecule has 6 nitrogen and oxygen atoms in total. The molecule has 142 valence electrons. The summed E-state index contributed by atoms with van der Waals surface area (Å²) in [6.45, 7) is 10.7. The first-order valence-electron chi connectivity index (χ1n) is 8.19. The van der Waals surface area contributed by atoms with E-state index < -0.39 is 0 Å². The minimum Gasteiger partial charge on any atom is -0.508 e. The molecule has 0 aliphatic carbocycles. The number of quaternary nitrogens is 1. The van der Waals surface area contributed by atoms with Crippen LogP contribution in [0.15, 0.2) is 41.7 Å². The van der Waals surface area contributed by atoms with Gasteiger partial charge in [0, 0.05) is 12.0 Å². The number of benzene rings is 1. The number of hydrogen-bond donors (Lipinski definition) is 2. The number of carbonyl (C=O) groups excluding carboxylic acids is 1. The number of halogens is 1. The van der Waals surface area contributed by atoms with Crippen molar-refractivity contribution in [1.29, 1.82) is 0 Å². The maximum atomic E-state index is 12.1. The smallest absolute Gasteiger partial charge is 0.295 e. The third-order valence-corrected chi connectivity index (χ3v) is 4.08. The number of rotatable bonds is 5. The molecule has 1 heterocycles. The summed E-state index contributed by atoms with van der Waals surface area (Å²) in [5.74, 6) is -0.308. The average Bonchev–Trinajstić information content (AvgIpc) is 2.61. The molecule has 1 aromatic carbocycles. The lowest BCUT2D eigenvalue weighted by Gasteiger charge is -2.36. The van der Waals surface area contributed by atoms with Crippen LogP contribution in [0.2, 0.25) is 0 Å². The highest BCUT2D eigenvalue weighted by atomic mass is 35.5. The summed E-state index contributed by atoms with van der Waals surface area (Å²) in [5.41, 5.74) is 2.93. The minimum atomic E-state index is -0.179. The molecule has 1 saturated heterocycles. The van der Waals surface area contributed by atoms with Gasteiger partial charge in [0.1, 0.15) is 18.8 Å². The Morgan fingerprint density at radius 3 is 2.58 bits per heavy atom. The van der Waals surface area contributed by atoms with Crippen LogP contribution in [0.1, 0.15) is 0 Å². The third kappa shape index (κ3) is 6.63. The number of amides is 1. The number of ether oxygens (including phenoxy) is 1. The van der Waals surface area contributed by atoms with E-state index >= 15 is 0 Å². The first-order chi connectivity index (χ1) is 12.4. The van der Waals surface area contributed by atoms with Crippen LogP contribution in [-0.2, 0) is 9.53 Å². The predicted octanol–water partition coefficient (Wildman–Crippen LogP) is 0.753. The fraction of sp³-hybridized carbons (Fsp3) is 0.368. The van der Waals surface area contributed by atoms with E-state index in [1.54, 1.807) is 0 Å². The molecule has 1 amide bonds. The molecule has 0 bridgehead atoms. The highest BCUT2D eigenvalue weighted by Gasteiger charge is 2.27. The lowest BCUT2D eigenvalue weighted by atomic mass is 10.1. The highest BCUT2D eigenvalue weighted by molar-refractivity contribution is 6.15. The minimum absolute atomic E-state index is 0.128. The maximum absolute atomic E-state index is 12.1. The number of nitrogens with zero attached hydrogens (tertiary/aromatic N) is 2. The van der Waals surface area contributed by atoms with E-state index in [2.05, 4.69) is 35.3 Å². The fourth-order valence-electron chi connectivity index (χ4n) is 2.58. The summed E-state index contributed by atoms with van der Waals surface area (Å²) < 4.78 is 5.95. The third-order valence-electron chi connectivity index (χ3n) is 4.08. The summed E-state index contributed by atoms with van der Waals surface area (Å²) in [6.07, 6.45) is 2.86. The van der Waals surface area contributed by atoms with Crippen molar-refractivity contribution in [3.05, 3.63) is 47.0 Å². The number of likely N-dealkylation sites (N-methyl/N-ethyl adjacent to an activating group) is 1. The Bertz CT molecular complexity index is 756. The van der Waals surface area contributed by atoms with Crippen molar-refractivity contribution < 1.29 is 19.1 Å². The second-order valence-corrected chi connectivity index (χ2v) is 6.15. The van der Waals surface area contributed by atoms with Gasteiger partial charge in [-0.25, -0.2) is 5.43 Å². The first kappa shape index (κ1) is 21.9. The molecular weight excluding hydrogens is 354 g/mol. The number of hydrazone groups is 1. The van der Waals surface area contributed by atoms with Gasteiger partial charge in [0.05, 0.1) is 26.5 Å². The number of aliphatic hydroxyl groups excluding tert-OH is 1. The molecule has 2 N–H and O–H groups in total. The van der Waals surface area contributed by atoms with Crippen LogP contribution in [0.3, 0.4) is 0 Å². The van der Waals surface area contributed by atoms with Gasteiger partial charge in [-0.05, 0) is 10.4 Å². The van der Waals surface area contributed by atoms with Gasteiger partial charge in [0.15, 0.2) is 6.54 Å². The van der Waals surface area contributed by atoms with Crippen LogP contribution >= 0.6 is 11.6 Å². The Morgan fingerprint density at radius 1 is 1.38 bits per heavy atom. The van der Waals surface area contributed by atoms with Gasteiger partial charge in [-0.2, -0.15) is 5.10 Å². The van der Waals surface area contributed by atoms with Gasteiger partial charge >= 0.3 is 0 Å². The van der Waals surface area contributed by atoms with E-state index in [4.69, 9.17) is 4.74 Å². The lowest BCUT2D eigenvalue weighted by Crippen LogP contribution is -2.55. The Morgan fingerprint density at radius 2 is 2.00 bits per heavy atom. The molecule has 0 spiro atoms. The topological polar surface area (TPSA) is 70.9 Å². The lowest BCUT2D eigenvalue weighted by molar-refractivity contribution is -0.909. The van der Waals surface area contributed by atoms with Gasteiger partial charge in [-0.3, -0.25) is 4.79 Å². The monoisotopic (exact) mass is 380 g/mol. The van der Waals surface area contributed by atoms with Crippen molar-refractivity contribution in [1.82, 2.24) is 5.43 Å². The Labute approximate surface area is 159 Å². The summed E-state index contributed by atoms with van der Waals surface area (Å²) in [4.78, 5) is 12.1. The average molecular weight is 381 g/mol. The zero-order valence-corrected chi connectivity index (χ0v) is 16.1. The first-order valence-corrected chi connectivity index (χ1v) is 8.94. The molecule has 1 fully saturated rings. The van der Waals surface area contributed by atoms with Crippen molar-refractivity contribution >= 4 is 35.9 Å². The van der Waals surface area contributed by atoms with Crippen LogP contribution in [0, 0.1) is 0 Å². The second kappa shape index (κ2) is 10.8. The van der Waals surface area contributed by atoms with Gasteiger partial charge in [0.2, 0.25) is 0 Å². The highest BCUT2D eigenvalue weighted by Crippen LogP contribution is 2.06. The van der Waals surface area contributed by atoms with Crippen LogP contribution in [0.4, 0.5) is 0 Å². The van der Waals surface area contributed by atoms with Crippen LogP contribution in [0.25, 0.3) is 12.2 Å². The second-order valence-electron chi connectivity index (χ2n) is 6.15. The van der Waals surface area contributed by atoms with Crippen molar-refractivity contribution in [2.24, 2.45) is 5.10 Å². The van der Waals surface area contributed by atoms with Crippen molar-refractivity contribution in [2.45, 2.75) is 0 Å². The number of allylic oxidation sites excluding steroid dienone is 1. The van der Waals surface area contributed by atoms with Gasteiger partial charge in [-0.1, -0.05) is 37.4 Å². The normalized spacial score (nSPS) is 17.0. The zero-order chi connectivity index (χ0) is 19.6. The van der Waals surface area contributed by atoms with E-state index in [0.29, 0.717) is 29.8 Å². The van der Waals surface area contributed by atoms with Crippen LogP contribution < -0.4 is 15.9 Å². The van der Waals surface area contributed by atoms with E-state index in [0.717, 1.165) is 23.5 Å². The molecule has 0 radical (unpaired) electrons. The summed E-state index contributed by atoms with van der Waals surface area (Å²) in [5, 5.41) is 15.2. The number of aliphatic hydroxyl groups is 1. The standard InChI is InChI=1S/C18H23N3O3.CH3Cl/c1-14-6-4-5-7-16(14)17(15(2)22)12-19-20-18(23)13-21(3)8-10-24-11-9-21;1-2/h4-7,12H,1-2,8-11,13H2,3H3,(H-,20,22,23);1H3/p+1/b17-16-,19-12+;. The van der Waals surface area contributed by atoms with Crippen molar-refractivity contribution in [3.63, 3.8) is 0 Å². The van der Waals surface area contributed by atoms with Gasteiger partial charge in [-0.15, -0.1) is 11.6 Å². The van der Waals surface area contributed by atoms with Crippen LogP contribution in [-0.4, -0.2) is 68.0 Å². The summed E-state index contributed by atoms with van der Waals surface area (Å²) >= 11 is 4.64. The molecule has 0 saturated carbocycles. The molecule has 2 rings (SSSR count). The van der Waals surface area contributed by atoms with E-state index in [1.165, 1.54) is 12.6 Å². The van der Waals surface area contributed by atoms with E-state index in [-0.39, 0.29) is 11.7 Å². The molecular formula is C19H27ClN3O3+. The molecule has 7 heteroatoms. The Hall–Kier alpha value is -2.15. The number of carbonyl (C=O) groups is 1. The quantitative estimate of drug-likeness (QED) is 0.260. The molecule has 0 aromatic heterocycles. The molecule has 26 heavy (non-hydrogen) atoms. The maximum Gasteiger partial charge on any atom is 0.295 e. The van der Waals surface area contributed by atoms with Crippen molar-refractivity contribution in [2.75, 3.05) is 46.3 Å².